The molecule has 0 aromatic carbocycles. The van der Waals surface area contributed by atoms with E-state index in [1.807, 2.05) is 18.3 Å². The van der Waals surface area contributed by atoms with Gasteiger partial charge in [-0.2, -0.15) is 0 Å². The van der Waals surface area contributed by atoms with Crippen molar-refractivity contribution in [2.45, 2.75) is 13.3 Å². The van der Waals surface area contributed by atoms with Crippen LogP contribution in [0.15, 0.2) is 18.3 Å². The zero-order valence-corrected chi connectivity index (χ0v) is 8.16. The average molecular weight is 180 g/mol. The molecule has 0 radical (unpaired) electrons. The second kappa shape index (κ2) is 4.82. The van der Waals surface area contributed by atoms with Crippen LogP contribution in [0.3, 0.4) is 0 Å². The minimum Gasteiger partial charge on any atom is -0.481 e. The molecular weight excluding hydrogens is 164 g/mol. The first-order chi connectivity index (χ1) is 6.26. The van der Waals surface area contributed by atoms with Crippen molar-refractivity contribution in [3.05, 3.63) is 23.9 Å². The highest BCUT2D eigenvalue weighted by molar-refractivity contribution is 5.18. The van der Waals surface area contributed by atoms with Crippen LogP contribution in [0.1, 0.15) is 12.5 Å². The minimum absolute atomic E-state index is 0.509. The van der Waals surface area contributed by atoms with E-state index in [4.69, 9.17) is 10.5 Å². The summed E-state index contributed by atoms with van der Waals surface area (Å²) in [6.07, 6.45) is 2.82. The van der Waals surface area contributed by atoms with E-state index in [1.165, 1.54) is 5.56 Å². The van der Waals surface area contributed by atoms with Crippen molar-refractivity contribution < 1.29 is 4.74 Å². The molecule has 1 unspecified atom stereocenters. The third kappa shape index (κ3) is 3.03. The number of nitrogens with two attached hydrogens (primary N) is 1. The summed E-state index contributed by atoms with van der Waals surface area (Å²) >= 11 is 0. The van der Waals surface area contributed by atoms with Crippen molar-refractivity contribution in [3.8, 4) is 5.88 Å². The van der Waals surface area contributed by atoms with E-state index in [1.54, 1.807) is 7.11 Å². The van der Waals surface area contributed by atoms with Crippen LogP contribution in [-0.2, 0) is 6.42 Å². The Balaban J connectivity index is 2.58. The predicted molar refractivity (Wildman–Crippen MR) is 52.7 cm³/mol. The maximum absolute atomic E-state index is 5.53. The van der Waals surface area contributed by atoms with Gasteiger partial charge in [0.1, 0.15) is 0 Å². The Bertz CT molecular complexity index is 246. The summed E-state index contributed by atoms with van der Waals surface area (Å²) in [5, 5.41) is 0. The second-order valence-corrected chi connectivity index (χ2v) is 3.25. The Morgan fingerprint density at radius 3 is 2.77 bits per heavy atom. The van der Waals surface area contributed by atoms with Crippen LogP contribution in [0.2, 0.25) is 0 Å². The Labute approximate surface area is 78.9 Å². The fourth-order valence-corrected chi connectivity index (χ4v) is 1.14. The first kappa shape index (κ1) is 9.99. The summed E-state index contributed by atoms with van der Waals surface area (Å²) in [6, 6.07) is 3.90. The van der Waals surface area contributed by atoms with Crippen LogP contribution in [0, 0.1) is 5.92 Å². The third-order valence-electron chi connectivity index (χ3n) is 1.99. The molecule has 0 aliphatic rings. The number of hydrogen-bond acceptors (Lipinski definition) is 3. The van der Waals surface area contributed by atoms with Crippen LogP contribution in [-0.4, -0.2) is 18.6 Å². The fraction of sp³-hybridized carbons (Fsp3) is 0.500. The molecule has 1 heterocycles. The number of nitrogens with zero attached hydrogens (tertiary/aromatic N) is 1. The Kier molecular flexibility index (Phi) is 3.71. The molecule has 0 saturated heterocycles. The number of hydrogen-bond donors (Lipinski definition) is 1. The molecule has 0 aliphatic heterocycles. The molecule has 1 aromatic rings. The summed E-state index contributed by atoms with van der Waals surface area (Å²) in [7, 11) is 1.62. The van der Waals surface area contributed by atoms with Gasteiger partial charge in [-0.15, -0.1) is 0 Å². The molecule has 0 spiro atoms. The van der Waals surface area contributed by atoms with E-state index in [-0.39, 0.29) is 0 Å². The highest BCUT2D eigenvalue weighted by Crippen LogP contribution is 2.10. The summed E-state index contributed by atoms with van der Waals surface area (Å²) < 4.78 is 4.96. The zero-order chi connectivity index (χ0) is 9.68. The van der Waals surface area contributed by atoms with E-state index in [0.29, 0.717) is 18.3 Å². The normalized spacial score (nSPS) is 12.5. The molecule has 3 heteroatoms. The van der Waals surface area contributed by atoms with E-state index < -0.39 is 0 Å². The molecule has 13 heavy (non-hydrogen) atoms. The molecule has 0 bridgehead atoms. The summed E-state index contributed by atoms with van der Waals surface area (Å²) in [5.41, 5.74) is 6.74. The molecule has 72 valence electrons. The topological polar surface area (TPSA) is 48.1 Å². The second-order valence-electron chi connectivity index (χ2n) is 3.25. The molecule has 0 aliphatic carbocycles. The summed E-state index contributed by atoms with van der Waals surface area (Å²) in [4.78, 5) is 4.12. The first-order valence-electron chi connectivity index (χ1n) is 4.45. The highest BCUT2D eigenvalue weighted by atomic mass is 16.5. The lowest BCUT2D eigenvalue weighted by Crippen LogP contribution is -2.13. The van der Waals surface area contributed by atoms with Gasteiger partial charge in [0.25, 0.3) is 0 Å². The molecule has 0 amide bonds. The van der Waals surface area contributed by atoms with Gasteiger partial charge >= 0.3 is 0 Å². The number of rotatable bonds is 4. The molecule has 1 aromatic heterocycles. The Morgan fingerprint density at radius 2 is 2.31 bits per heavy atom. The van der Waals surface area contributed by atoms with Gasteiger partial charge in [0.05, 0.1) is 7.11 Å². The van der Waals surface area contributed by atoms with E-state index in [2.05, 4.69) is 11.9 Å². The largest absolute Gasteiger partial charge is 0.481 e. The molecule has 3 nitrogen and oxygen atoms in total. The first-order valence-corrected chi connectivity index (χ1v) is 4.45. The van der Waals surface area contributed by atoms with Gasteiger partial charge in [0.15, 0.2) is 0 Å². The van der Waals surface area contributed by atoms with Crippen LogP contribution >= 0.6 is 0 Å². The molecule has 0 saturated carbocycles. The molecule has 0 fully saturated rings. The fourth-order valence-electron chi connectivity index (χ4n) is 1.14. The van der Waals surface area contributed by atoms with Crippen molar-refractivity contribution in [2.75, 3.05) is 13.7 Å². The van der Waals surface area contributed by atoms with E-state index in [0.717, 1.165) is 6.42 Å². The van der Waals surface area contributed by atoms with Gasteiger partial charge in [0, 0.05) is 12.3 Å². The number of pyridine rings is 1. The van der Waals surface area contributed by atoms with Gasteiger partial charge in [0.2, 0.25) is 5.88 Å². The molecule has 2 N–H and O–H groups in total. The van der Waals surface area contributed by atoms with E-state index >= 15 is 0 Å². The minimum atomic E-state index is 0.509. The van der Waals surface area contributed by atoms with Crippen molar-refractivity contribution in [1.29, 1.82) is 0 Å². The number of methoxy groups -OCH3 is 1. The van der Waals surface area contributed by atoms with Gasteiger partial charge in [-0.25, -0.2) is 4.98 Å². The summed E-state index contributed by atoms with van der Waals surface area (Å²) in [6.45, 7) is 2.84. The van der Waals surface area contributed by atoms with Gasteiger partial charge in [-0.05, 0) is 24.4 Å². The van der Waals surface area contributed by atoms with E-state index in [9.17, 15) is 0 Å². The smallest absolute Gasteiger partial charge is 0.212 e. The van der Waals surface area contributed by atoms with Gasteiger partial charge in [-0.3, -0.25) is 0 Å². The van der Waals surface area contributed by atoms with Crippen LogP contribution < -0.4 is 10.5 Å². The van der Waals surface area contributed by atoms with Crippen LogP contribution in [0.25, 0.3) is 0 Å². The quantitative estimate of drug-likeness (QED) is 0.758. The average Bonchev–Trinajstić information content (AvgIpc) is 2.19. The monoisotopic (exact) mass is 180 g/mol. The lowest BCUT2D eigenvalue weighted by molar-refractivity contribution is 0.397. The highest BCUT2D eigenvalue weighted by Gasteiger charge is 2.01. The molecule has 1 atom stereocenters. The Morgan fingerprint density at radius 1 is 1.54 bits per heavy atom. The SMILES string of the molecule is COc1ccc(CC(C)CN)cn1. The summed E-state index contributed by atoms with van der Waals surface area (Å²) in [5.74, 6) is 1.17. The lowest BCUT2D eigenvalue weighted by atomic mass is 10.0. The van der Waals surface area contributed by atoms with Crippen LogP contribution in [0.5, 0.6) is 5.88 Å². The maximum Gasteiger partial charge on any atom is 0.212 e. The third-order valence-corrected chi connectivity index (χ3v) is 1.99. The lowest BCUT2D eigenvalue weighted by Gasteiger charge is -2.07. The van der Waals surface area contributed by atoms with Gasteiger partial charge in [-0.1, -0.05) is 13.0 Å². The Hall–Kier alpha value is -1.09. The van der Waals surface area contributed by atoms with Crippen molar-refractivity contribution in [3.63, 3.8) is 0 Å². The molecular formula is C10H16N2O. The number of aromatic nitrogens is 1. The maximum atomic E-state index is 5.53. The zero-order valence-electron chi connectivity index (χ0n) is 8.16. The van der Waals surface area contributed by atoms with Crippen molar-refractivity contribution >= 4 is 0 Å². The predicted octanol–water partition coefficient (Wildman–Crippen LogP) is 1.23. The van der Waals surface area contributed by atoms with Crippen molar-refractivity contribution in [2.24, 2.45) is 11.7 Å². The van der Waals surface area contributed by atoms with Gasteiger partial charge < -0.3 is 10.5 Å². The number of ether oxygens (including phenoxy) is 1. The van der Waals surface area contributed by atoms with Crippen molar-refractivity contribution in [1.82, 2.24) is 4.98 Å². The van der Waals surface area contributed by atoms with Crippen LogP contribution in [0.4, 0.5) is 0 Å². The molecule has 1 rings (SSSR count). The standard InChI is InChI=1S/C10H16N2O/c1-8(6-11)5-9-3-4-10(13-2)12-7-9/h3-4,7-8H,5-6,11H2,1-2H3.